The monoisotopic (exact) mass is 182 g/mol. The highest BCUT2D eigenvalue weighted by atomic mass is 19.3. The first-order valence-corrected chi connectivity index (χ1v) is 3.88. The Bertz CT molecular complexity index is 434. The van der Waals surface area contributed by atoms with E-state index in [1.807, 2.05) is 0 Å². The van der Waals surface area contributed by atoms with Gasteiger partial charge in [0.1, 0.15) is 0 Å². The van der Waals surface area contributed by atoms with E-state index in [2.05, 4.69) is 4.98 Å². The molecule has 2 nitrogen and oxygen atoms in total. The number of hydrogen-bond acceptors (Lipinski definition) is 1. The zero-order chi connectivity index (χ0) is 9.42. The molecule has 0 saturated heterocycles. The van der Waals surface area contributed by atoms with Crippen molar-refractivity contribution in [2.45, 2.75) is 6.43 Å². The van der Waals surface area contributed by atoms with Gasteiger partial charge in [-0.15, -0.1) is 0 Å². The number of pyridine rings is 1. The Labute approximate surface area is 73.8 Å². The number of rotatable bonds is 1. The molecule has 0 saturated carbocycles. The Kier molecular flexibility index (Phi) is 1.76. The van der Waals surface area contributed by atoms with Crippen LogP contribution < -0.4 is 0 Å². The second-order valence-electron chi connectivity index (χ2n) is 2.87. The molecule has 0 radical (unpaired) electrons. The lowest BCUT2D eigenvalue weighted by Crippen LogP contribution is -1.82. The third-order valence-electron chi connectivity index (χ3n) is 2.01. The van der Waals surface area contributed by atoms with Crippen LogP contribution in [0.15, 0.2) is 24.5 Å². The zero-order valence-corrected chi connectivity index (χ0v) is 7.04. The molecule has 0 aliphatic heterocycles. The van der Waals surface area contributed by atoms with Crippen LogP contribution in [0.1, 0.15) is 12.0 Å². The van der Waals surface area contributed by atoms with Crippen LogP contribution in [-0.2, 0) is 7.05 Å². The van der Waals surface area contributed by atoms with Gasteiger partial charge in [0.15, 0.2) is 0 Å². The molecule has 0 amide bonds. The molecular formula is C9H8F2N2. The number of nitrogens with zero attached hydrogens (tertiary/aromatic N) is 2. The van der Waals surface area contributed by atoms with Gasteiger partial charge < -0.3 is 4.57 Å². The van der Waals surface area contributed by atoms with Gasteiger partial charge in [-0.05, 0) is 12.1 Å². The Morgan fingerprint density at radius 3 is 2.92 bits per heavy atom. The number of alkyl halides is 2. The van der Waals surface area contributed by atoms with E-state index in [0.717, 1.165) is 5.52 Å². The van der Waals surface area contributed by atoms with E-state index in [9.17, 15) is 8.78 Å². The Morgan fingerprint density at radius 2 is 2.23 bits per heavy atom. The summed E-state index contributed by atoms with van der Waals surface area (Å²) >= 11 is 0. The highest BCUT2D eigenvalue weighted by Crippen LogP contribution is 2.26. The number of aromatic nitrogens is 2. The molecule has 0 aromatic carbocycles. The normalized spacial score (nSPS) is 11.4. The van der Waals surface area contributed by atoms with Gasteiger partial charge in [0.2, 0.25) is 0 Å². The van der Waals surface area contributed by atoms with Crippen molar-refractivity contribution in [1.29, 1.82) is 0 Å². The van der Waals surface area contributed by atoms with Crippen LogP contribution in [0.5, 0.6) is 0 Å². The molecule has 4 heteroatoms. The van der Waals surface area contributed by atoms with Gasteiger partial charge in [0.05, 0.1) is 16.6 Å². The van der Waals surface area contributed by atoms with Crippen molar-refractivity contribution in [3.63, 3.8) is 0 Å². The molecule has 2 heterocycles. The lowest BCUT2D eigenvalue weighted by molar-refractivity contribution is 0.152. The average Bonchev–Trinajstić information content (AvgIpc) is 2.45. The Hall–Kier alpha value is -1.45. The maximum atomic E-state index is 12.5. The van der Waals surface area contributed by atoms with Crippen LogP contribution in [0.25, 0.3) is 11.0 Å². The molecule has 0 aliphatic rings. The summed E-state index contributed by atoms with van der Waals surface area (Å²) in [5.41, 5.74) is 1.12. The summed E-state index contributed by atoms with van der Waals surface area (Å²) in [5.74, 6) is 0. The summed E-state index contributed by atoms with van der Waals surface area (Å²) in [4.78, 5) is 3.92. The molecule has 0 N–H and O–H groups in total. The summed E-state index contributed by atoms with van der Waals surface area (Å²) in [5, 5.41) is 0. The fourth-order valence-electron chi connectivity index (χ4n) is 1.40. The molecule has 13 heavy (non-hydrogen) atoms. The number of hydrogen-bond donors (Lipinski definition) is 0. The summed E-state index contributed by atoms with van der Waals surface area (Å²) in [6, 6.07) is 3.51. The fraction of sp³-hybridized carbons (Fsp3) is 0.222. The first-order chi connectivity index (χ1) is 6.20. The minimum absolute atomic E-state index is 0.00176. The quantitative estimate of drug-likeness (QED) is 0.662. The molecule has 0 aliphatic carbocycles. The topological polar surface area (TPSA) is 17.8 Å². The maximum absolute atomic E-state index is 12.5. The lowest BCUT2D eigenvalue weighted by atomic mass is 10.3. The highest BCUT2D eigenvalue weighted by molar-refractivity contribution is 5.79. The first-order valence-electron chi connectivity index (χ1n) is 3.88. The maximum Gasteiger partial charge on any atom is 0.267 e. The lowest BCUT2D eigenvalue weighted by Gasteiger charge is -1.93. The zero-order valence-electron chi connectivity index (χ0n) is 7.04. The number of aryl methyl sites for hydroxylation is 1. The molecule has 0 atom stereocenters. The smallest absolute Gasteiger partial charge is 0.267 e. The SMILES string of the molecule is Cn1cc(C(F)F)c2ncccc21. The highest BCUT2D eigenvalue weighted by Gasteiger charge is 2.15. The van der Waals surface area contributed by atoms with E-state index in [1.54, 1.807) is 23.7 Å². The number of halogens is 2. The summed E-state index contributed by atoms with van der Waals surface area (Å²) in [6.45, 7) is 0. The van der Waals surface area contributed by atoms with Crippen molar-refractivity contribution < 1.29 is 8.78 Å². The van der Waals surface area contributed by atoms with Crippen LogP contribution >= 0.6 is 0 Å². The molecular weight excluding hydrogens is 174 g/mol. The molecule has 2 rings (SSSR count). The molecule has 0 fully saturated rings. The second kappa shape index (κ2) is 2.80. The van der Waals surface area contributed by atoms with Gasteiger partial charge >= 0.3 is 0 Å². The van der Waals surface area contributed by atoms with E-state index in [1.165, 1.54) is 12.4 Å². The van der Waals surface area contributed by atoms with Crippen LogP contribution in [0.2, 0.25) is 0 Å². The van der Waals surface area contributed by atoms with Gasteiger partial charge in [-0.25, -0.2) is 8.78 Å². The van der Waals surface area contributed by atoms with E-state index >= 15 is 0 Å². The van der Waals surface area contributed by atoms with Crippen molar-refractivity contribution in [2.24, 2.45) is 7.05 Å². The predicted molar refractivity (Wildman–Crippen MR) is 45.7 cm³/mol. The standard InChI is InChI=1S/C9H8F2N2/c1-13-5-6(9(10)11)8-7(13)3-2-4-12-8/h2-5,9H,1H3. The third kappa shape index (κ3) is 1.18. The number of fused-ring (bicyclic) bond motifs is 1. The van der Waals surface area contributed by atoms with Gasteiger partial charge in [0, 0.05) is 19.4 Å². The Morgan fingerprint density at radius 1 is 1.46 bits per heavy atom. The van der Waals surface area contributed by atoms with Crippen molar-refractivity contribution in [1.82, 2.24) is 9.55 Å². The van der Waals surface area contributed by atoms with Crippen LogP contribution in [-0.4, -0.2) is 9.55 Å². The summed E-state index contributed by atoms with van der Waals surface area (Å²) in [7, 11) is 1.73. The summed E-state index contributed by atoms with van der Waals surface area (Å²) < 4.78 is 26.6. The summed E-state index contributed by atoms with van der Waals surface area (Å²) in [6.07, 6.45) is 0.481. The molecule has 0 bridgehead atoms. The first kappa shape index (κ1) is 8.16. The van der Waals surface area contributed by atoms with Crippen molar-refractivity contribution >= 4 is 11.0 Å². The van der Waals surface area contributed by atoms with Crippen molar-refractivity contribution in [3.8, 4) is 0 Å². The average molecular weight is 182 g/mol. The predicted octanol–water partition coefficient (Wildman–Crippen LogP) is 2.51. The molecule has 0 spiro atoms. The van der Waals surface area contributed by atoms with Gasteiger partial charge in [-0.1, -0.05) is 0 Å². The van der Waals surface area contributed by atoms with Crippen molar-refractivity contribution in [3.05, 3.63) is 30.1 Å². The van der Waals surface area contributed by atoms with Crippen molar-refractivity contribution in [2.75, 3.05) is 0 Å². The van der Waals surface area contributed by atoms with Crippen LogP contribution in [0.4, 0.5) is 8.78 Å². The van der Waals surface area contributed by atoms with Gasteiger partial charge in [-0.3, -0.25) is 4.98 Å². The van der Waals surface area contributed by atoms with E-state index in [0.29, 0.717) is 5.52 Å². The molecule has 0 unspecified atom stereocenters. The Balaban J connectivity index is 2.78. The van der Waals surface area contributed by atoms with Gasteiger partial charge in [0.25, 0.3) is 6.43 Å². The van der Waals surface area contributed by atoms with Crippen LogP contribution in [0, 0.1) is 0 Å². The largest absolute Gasteiger partial charge is 0.349 e. The minimum atomic E-state index is -2.46. The van der Waals surface area contributed by atoms with E-state index < -0.39 is 6.43 Å². The van der Waals surface area contributed by atoms with Gasteiger partial charge in [-0.2, -0.15) is 0 Å². The third-order valence-corrected chi connectivity index (χ3v) is 2.01. The fourth-order valence-corrected chi connectivity index (χ4v) is 1.40. The molecule has 2 aromatic rings. The minimum Gasteiger partial charge on any atom is -0.349 e. The molecule has 68 valence electrons. The van der Waals surface area contributed by atoms with E-state index in [4.69, 9.17) is 0 Å². The van der Waals surface area contributed by atoms with Crippen LogP contribution in [0.3, 0.4) is 0 Å². The molecule has 2 aromatic heterocycles. The van der Waals surface area contributed by atoms with E-state index in [-0.39, 0.29) is 5.56 Å². The second-order valence-corrected chi connectivity index (χ2v) is 2.87.